The smallest absolute Gasteiger partial charge is 0.161 e. The summed E-state index contributed by atoms with van der Waals surface area (Å²) in [5.41, 5.74) is 0.566. The van der Waals surface area contributed by atoms with E-state index in [0.29, 0.717) is 22.8 Å². The fraction of sp³-hybridized carbons (Fsp3) is 0.318. The van der Waals surface area contributed by atoms with Crippen molar-refractivity contribution in [3.63, 3.8) is 0 Å². The molecule has 1 aliphatic heterocycles. The monoisotopic (exact) mass is 390 g/mol. The predicted octanol–water partition coefficient (Wildman–Crippen LogP) is 3.57. The Kier molecular flexibility index (Phi) is 5.34. The Labute approximate surface area is 169 Å². The fourth-order valence-corrected chi connectivity index (χ4v) is 3.66. The minimum absolute atomic E-state index is 0.0679. The number of para-hydroxylation sites is 1. The van der Waals surface area contributed by atoms with Crippen LogP contribution >= 0.6 is 0 Å². The zero-order chi connectivity index (χ0) is 20.2. The van der Waals surface area contributed by atoms with Gasteiger partial charge in [-0.25, -0.2) is 0 Å². The number of nitriles is 1. The molecule has 3 aromatic rings. The Balaban J connectivity index is 1.53. The molecule has 0 bridgehead atoms. The summed E-state index contributed by atoms with van der Waals surface area (Å²) in [6.07, 6.45) is 3.48. The highest BCUT2D eigenvalue weighted by Crippen LogP contribution is 2.36. The molecule has 2 aromatic carbocycles. The molecule has 0 spiro atoms. The number of nitrogens with zero attached hydrogens (tertiary/aromatic N) is 4. The van der Waals surface area contributed by atoms with Gasteiger partial charge < -0.3 is 19.1 Å². The van der Waals surface area contributed by atoms with Crippen molar-refractivity contribution in [3.8, 4) is 23.3 Å². The summed E-state index contributed by atoms with van der Waals surface area (Å²) in [5, 5.41) is 19.7. The zero-order valence-corrected chi connectivity index (χ0v) is 16.5. The minimum atomic E-state index is 0.0679. The molecular weight excluding hydrogens is 368 g/mol. The molecule has 1 saturated heterocycles. The fourth-order valence-electron chi connectivity index (χ4n) is 3.66. The highest BCUT2D eigenvalue weighted by molar-refractivity contribution is 5.94. The first kappa shape index (κ1) is 18.8. The number of hydrogen-bond acceptors (Lipinski definition) is 7. The van der Waals surface area contributed by atoms with Gasteiger partial charge in [0.25, 0.3) is 0 Å². The molecule has 1 fully saturated rings. The first-order valence-corrected chi connectivity index (χ1v) is 9.51. The van der Waals surface area contributed by atoms with Gasteiger partial charge in [-0.15, -0.1) is 5.10 Å². The molecule has 29 heavy (non-hydrogen) atoms. The Hall–Kier alpha value is -3.53. The number of piperidine rings is 1. The van der Waals surface area contributed by atoms with Gasteiger partial charge in [0.15, 0.2) is 17.3 Å². The Bertz CT molecular complexity index is 1060. The molecule has 7 nitrogen and oxygen atoms in total. The second-order valence-corrected chi connectivity index (χ2v) is 6.87. The van der Waals surface area contributed by atoms with E-state index in [1.165, 1.54) is 0 Å². The lowest BCUT2D eigenvalue weighted by Crippen LogP contribution is -2.39. The maximum Gasteiger partial charge on any atom is 0.161 e. The quantitative estimate of drug-likeness (QED) is 0.659. The van der Waals surface area contributed by atoms with Crippen molar-refractivity contribution < 1.29 is 14.2 Å². The van der Waals surface area contributed by atoms with Gasteiger partial charge in [0, 0.05) is 36.7 Å². The van der Waals surface area contributed by atoms with E-state index in [0.717, 1.165) is 42.5 Å². The highest BCUT2D eigenvalue weighted by Gasteiger charge is 2.24. The van der Waals surface area contributed by atoms with E-state index < -0.39 is 0 Å². The van der Waals surface area contributed by atoms with Crippen molar-refractivity contribution in [1.29, 1.82) is 5.26 Å². The minimum Gasteiger partial charge on any atom is -0.493 e. The average molecular weight is 390 g/mol. The normalized spacial score (nSPS) is 14.4. The van der Waals surface area contributed by atoms with Crippen molar-refractivity contribution in [2.75, 3.05) is 32.2 Å². The molecular formula is C22H22N4O3. The van der Waals surface area contributed by atoms with E-state index in [9.17, 15) is 5.26 Å². The average Bonchev–Trinajstić information content (AvgIpc) is 2.78. The van der Waals surface area contributed by atoms with E-state index in [4.69, 9.17) is 14.2 Å². The third-order valence-corrected chi connectivity index (χ3v) is 5.19. The molecule has 0 radical (unpaired) electrons. The summed E-state index contributed by atoms with van der Waals surface area (Å²) < 4.78 is 16.9. The van der Waals surface area contributed by atoms with Crippen LogP contribution in [0.5, 0.6) is 17.2 Å². The van der Waals surface area contributed by atoms with Crippen molar-refractivity contribution in [2.45, 2.75) is 18.9 Å². The zero-order valence-electron chi connectivity index (χ0n) is 16.5. The predicted molar refractivity (Wildman–Crippen MR) is 110 cm³/mol. The van der Waals surface area contributed by atoms with Crippen LogP contribution in [0.15, 0.2) is 42.6 Å². The van der Waals surface area contributed by atoms with Gasteiger partial charge in [0.05, 0.1) is 26.0 Å². The standard InChI is InChI=1S/C22H22N4O3/c1-27-20-11-16-14-24-25-22(18(16)12-21(20)28-2)26-9-7-17(8-10-26)29-19-6-4-3-5-15(19)13-23/h3-6,11-12,14,17H,7-10H2,1-2H3. The van der Waals surface area contributed by atoms with Crippen LogP contribution in [0.1, 0.15) is 18.4 Å². The van der Waals surface area contributed by atoms with Gasteiger partial charge in [0.1, 0.15) is 17.9 Å². The maximum absolute atomic E-state index is 9.25. The Morgan fingerprint density at radius 2 is 1.76 bits per heavy atom. The van der Waals surface area contributed by atoms with Crippen LogP contribution < -0.4 is 19.1 Å². The molecule has 1 aliphatic rings. The summed E-state index contributed by atoms with van der Waals surface area (Å²) in [5.74, 6) is 2.82. The summed E-state index contributed by atoms with van der Waals surface area (Å²) in [4.78, 5) is 2.22. The van der Waals surface area contributed by atoms with Crippen LogP contribution in [-0.2, 0) is 0 Å². The highest BCUT2D eigenvalue weighted by atomic mass is 16.5. The number of rotatable bonds is 5. The molecule has 1 aromatic heterocycles. The Morgan fingerprint density at radius 1 is 1.03 bits per heavy atom. The van der Waals surface area contributed by atoms with E-state index >= 15 is 0 Å². The summed E-state index contributed by atoms with van der Waals surface area (Å²) in [6, 6.07) is 13.4. The number of aromatic nitrogens is 2. The van der Waals surface area contributed by atoms with E-state index in [1.807, 2.05) is 30.3 Å². The van der Waals surface area contributed by atoms with Crippen molar-refractivity contribution >= 4 is 16.6 Å². The lowest BCUT2D eigenvalue weighted by atomic mass is 10.1. The van der Waals surface area contributed by atoms with Gasteiger partial charge in [-0.3, -0.25) is 0 Å². The van der Waals surface area contributed by atoms with Gasteiger partial charge in [0.2, 0.25) is 0 Å². The summed E-state index contributed by atoms with van der Waals surface area (Å²) in [6.45, 7) is 1.59. The third kappa shape index (κ3) is 3.74. The van der Waals surface area contributed by atoms with Crippen molar-refractivity contribution in [2.24, 2.45) is 0 Å². The number of benzene rings is 2. The SMILES string of the molecule is COc1cc2cnnc(N3CCC(Oc4ccccc4C#N)CC3)c2cc1OC. The second kappa shape index (κ2) is 8.23. The largest absolute Gasteiger partial charge is 0.493 e. The number of hydrogen-bond donors (Lipinski definition) is 0. The third-order valence-electron chi connectivity index (χ3n) is 5.19. The molecule has 148 valence electrons. The molecule has 2 heterocycles. The van der Waals surface area contributed by atoms with E-state index in [1.54, 1.807) is 26.5 Å². The maximum atomic E-state index is 9.25. The van der Waals surface area contributed by atoms with Gasteiger partial charge in [-0.05, 0) is 24.3 Å². The second-order valence-electron chi connectivity index (χ2n) is 6.87. The van der Waals surface area contributed by atoms with Gasteiger partial charge >= 0.3 is 0 Å². The molecule has 0 amide bonds. The topological polar surface area (TPSA) is 80.5 Å². The van der Waals surface area contributed by atoms with Crippen molar-refractivity contribution in [3.05, 3.63) is 48.2 Å². The van der Waals surface area contributed by atoms with E-state index in [-0.39, 0.29) is 6.10 Å². The van der Waals surface area contributed by atoms with Crippen molar-refractivity contribution in [1.82, 2.24) is 10.2 Å². The van der Waals surface area contributed by atoms with Gasteiger partial charge in [-0.2, -0.15) is 10.4 Å². The van der Waals surface area contributed by atoms with Crippen LogP contribution in [-0.4, -0.2) is 43.6 Å². The van der Waals surface area contributed by atoms with Crippen LogP contribution in [0, 0.1) is 11.3 Å². The molecule has 4 rings (SSSR count). The lowest BCUT2D eigenvalue weighted by Gasteiger charge is -2.33. The molecule has 7 heteroatoms. The number of ether oxygens (including phenoxy) is 3. The number of anilines is 1. The molecule has 0 N–H and O–H groups in total. The molecule has 0 saturated carbocycles. The summed E-state index contributed by atoms with van der Waals surface area (Å²) >= 11 is 0. The Morgan fingerprint density at radius 3 is 2.48 bits per heavy atom. The number of fused-ring (bicyclic) bond motifs is 1. The van der Waals surface area contributed by atoms with Crippen LogP contribution in [0.25, 0.3) is 10.8 Å². The summed E-state index contributed by atoms with van der Waals surface area (Å²) in [7, 11) is 3.24. The van der Waals surface area contributed by atoms with Crippen LogP contribution in [0.3, 0.4) is 0 Å². The lowest BCUT2D eigenvalue weighted by molar-refractivity contribution is 0.170. The van der Waals surface area contributed by atoms with Gasteiger partial charge in [-0.1, -0.05) is 12.1 Å². The van der Waals surface area contributed by atoms with E-state index in [2.05, 4.69) is 21.2 Å². The van der Waals surface area contributed by atoms with Crippen LogP contribution in [0.4, 0.5) is 5.82 Å². The molecule has 0 aliphatic carbocycles. The molecule has 0 unspecified atom stereocenters. The van der Waals surface area contributed by atoms with Crippen LogP contribution in [0.2, 0.25) is 0 Å². The molecule has 0 atom stereocenters. The first-order chi connectivity index (χ1) is 14.2. The first-order valence-electron chi connectivity index (χ1n) is 9.51. The number of methoxy groups -OCH3 is 2.